The van der Waals surface area contributed by atoms with E-state index < -0.39 is 17.6 Å². The molecule has 2 atom stereocenters. The summed E-state index contributed by atoms with van der Waals surface area (Å²) in [7, 11) is 0. The third-order valence-corrected chi connectivity index (χ3v) is 3.13. The van der Waals surface area contributed by atoms with E-state index in [2.05, 4.69) is 0 Å². The molecule has 0 saturated carbocycles. The second kappa shape index (κ2) is 4.19. The van der Waals surface area contributed by atoms with Crippen LogP contribution in [0.4, 0.5) is 5.69 Å². The molecule has 0 spiro atoms. The second-order valence-corrected chi connectivity index (χ2v) is 4.79. The van der Waals surface area contributed by atoms with Gasteiger partial charge in [-0.3, -0.25) is 9.59 Å². The lowest BCUT2D eigenvalue weighted by atomic mass is 10.0. The van der Waals surface area contributed by atoms with Crippen LogP contribution in [0.1, 0.15) is 24.2 Å². The van der Waals surface area contributed by atoms with Crippen molar-refractivity contribution in [2.75, 3.05) is 11.4 Å². The monoisotopic (exact) mass is 249 g/mol. The van der Waals surface area contributed by atoms with Crippen molar-refractivity contribution in [3.05, 3.63) is 29.8 Å². The van der Waals surface area contributed by atoms with Gasteiger partial charge in [0.1, 0.15) is 5.60 Å². The highest BCUT2D eigenvalue weighted by Crippen LogP contribution is 2.28. The average Bonchev–Trinajstić information content (AvgIpc) is 2.53. The molecular weight excluding hydrogens is 234 g/mol. The van der Waals surface area contributed by atoms with Gasteiger partial charge in [-0.2, -0.15) is 0 Å². The van der Waals surface area contributed by atoms with Crippen molar-refractivity contribution in [2.24, 2.45) is 0 Å². The van der Waals surface area contributed by atoms with E-state index in [1.807, 2.05) is 0 Å². The van der Waals surface area contributed by atoms with Gasteiger partial charge < -0.3 is 15.1 Å². The molecule has 0 unspecified atom stereocenters. The first-order valence-corrected chi connectivity index (χ1v) is 5.66. The van der Waals surface area contributed by atoms with Gasteiger partial charge >= 0.3 is 0 Å². The van der Waals surface area contributed by atoms with Crippen molar-refractivity contribution >= 4 is 17.4 Å². The fourth-order valence-corrected chi connectivity index (χ4v) is 2.01. The number of carbonyl (C=O) groups excluding carboxylic acids is 2. The van der Waals surface area contributed by atoms with Gasteiger partial charge in [0.2, 0.25) is 0 Å². The average molecular weight is 249 g/mol. The highest BCUT2D eigenvalue weighted by molar-refractivity contribution is 6.02. The minimum absolute atomic E-state index is 0.00829. The first kappa shape index (κ1) is 12.7. The summed E-state index contributed by atoms with van der Waals surface area (Å²) in [4.78, 5) is 24.4. The Balaban J connectivity index is 2.36. The zero-order valence-corrected chi connectivity index (χ0v) is 10.3. The number of rotatable bonds is 2. The van der Waals surface area contributed by atoms with E-state index in [9.17, 15) is 19.8 Å². The summed E-state index contributed by atoms with van der Waals surface area (Å²) in [6.45, 7) is 2.86. The molecule has 1 heterocycles. The Morgan fingerprint density at radius 1 is 1.50 bits per heavy atom. The summed E-state index contributed by atoms with van der Waals surface area (Å²) in [5, 5.41) is 19.5. The summed E-state index contributed by atoms with van der Waals surface area (Å²) >= 11 is 0. The van der Waals surface area contributed by atoms with Crippen LogP contribution in [-0.2, 0) is 4.79 Å². The van der Waals surface area contributed by atoms with Crippen LogP contribution in [0.5, 0.6) is 0 Å². The second-order valence-electron chi connectivity index (χ2n) is 4.79. The van der Waals surface area contributed by atoms with Crippen LogP contribution in [0.3, 0.4) is 0 Å². The fourth-order valence-electron chi connectivity index (χ4n) is 2.01. The highest BCUT2D eigenvalue weighted by Gasteiger charge is 2.47. The fraction of sp³-hybridized carbons (Fsp3) is 0.385. The minimum atomic E-state index is -1.47. The highest BCUT2D eigenvalue weighted by atomic mass is 16.4. The van der Waals surface area contributed by atoms with E-state index in [1.54, 1.807) is 24.3 Å². The molecule has 0 radical (unpaired) electrons. The van der Waals surface area contributed by atoms with Gasteiger partial charge in [0.15, 0.2) is 11.9 Å². The molecule has 1 aromatic carbocycles. The smallest absolute Gasteiger partial charge is 0.258 e. The number of aliphatic hydroxyl groups is 2. The quantitative estimate of drug-likeness (QED) is 0.741. The maximum absolute atomic E-state index is 11.8. The predicted octanol–water partition coefficient (Wildman–Crippen LogP) is 0.348. The number of hydrogen-bond donors (Lipinski definition) is 2. The molecule has 1 aliphatic rings. The Labute approximate surface area is 105 Å². The zero-order valence-electron chi connectivity index (χ0n) is 10.3. The van der Waals surface area contributed by atoms with Crippen LogP contribution in [0.15, 0.2) is 24.3 Å². The summed E-state index contributed by atoms with van der Waals surface area (Å²) in [6.07, 6.45) is -1.43. The zero-order chi connectivity index (χ0) is 13.5. The predicted molar refractivity (Wildman–Crippen MR) is 65.4 cm³/mol. The van der Waals surface area contributed by atoms with Gasteiger partial charge in [0, 0.05) is 11.3 Å². The number of nitrogens with zero attached hydrogens (tertiary/aromatic N) is 1. The molecule has 0 aromatic heterocycles. The van der Waals surface area contributed by atoms with Crippen molar-refractivity contribution in [3.8, 4) is 0 Å². The van der Waals surface area contributed by atoms with E-state index in [-0.39, 0.29) is 12.3 Å². The van der Waals surface area contributed by atoms with Gasteiger partial charge in [-0.1, -0.05) is 12.1 Å². The van der Waals surface area contributed by atoms with Crippen LogP contribution in [-0.4, -0.2) is 40.2 Å². The van der Waals surface area contributed by atoms with Crippen LogP contribution in [0.25, 0.3) is 0 Å². The Hall–Kier alpha value is -1.72. The topological polar surface area (TPSA) is 77.8 Å². The minimum Gasteiger partial charge on any atom is -0.385 e. The number of carbonyl (C=O) groups is 2. The molecule has 1 amide bonds. The number of ketones is 1. The maximum atomic E-state index is 11.8. The first-order valence-electron chi connectivity index (χ1n) is 5.66. The number of Topliss-reactive ketones (excluding diaryl/α,β-unsaturated/α-hetero) is 1. The Bertz CT molecular complexity index is 509. The Kier molecular flexibility index (Phi) is 2.96. The van der Waals surface area contributed by atoms with Gasteiger partial charge in [-0.25, -0.2) is 0 Å². The van der Waals surface area contributed by atoms with Crippen molar-refractivity contribution in [2.45, 2.75) is 25.6 Å². The van der Waals surface area contributed by atoms with Crippen molar-refractivity contribution < 1.29 is 19.8 Å². The molecule has 0 aliphatic carbocycles. The van der Waals surface area contributed by atoms with Crippen LogP contribution < -0.4 is 4.90 Å². The molecule has 5 heteroatoms. The van der Waals surface area contributed by atoms with E-state index in [0.29, 0.717) is 11.3 Å². The molecule has 1 saturated heterocycles. The SMILES string of the molecule is CC(=O)c1cccc(N2C[C@@](C)(O)[C@@H](O)C2=O)c1. The van der Waals surface area contributed by atoms with E-state index in [4.69, 9.17) is 0 Å². The molecule has 96 valence electrons. The molecule has 0 bridgehead atoms. The Morgan fingerprint density at radius 2 is 2.17 bits per heavy atom. The summed E-state index contributed by atoms with van der Waals surface area (Å²) < 4.78 is 0. The van der Waals surface area contributed by atoms with Crippen molar-refractivity contribution in [1.82, 2.24) is 0 Å². The molecule has 5 nitrogen and oxygen atoms in total. The van der Waals surface area contributed by atoms with Crippen LogP contribution in [0.2, 0.25) is 0 Å². The van der Waals surface area contributed by atoms with Crippen molar-refractivity contribution in [1.29, 1.82) is 0 Å². The molecule has 2 rings (SSSR count). The first-order chi connectivity index (χ1) is 8.33. The third kappa shape index (κ3) is 2.02. The van der Waals surface area contributed by atoms with Crippen LogP contribution in [0, 0.1) is 0 Å². The molecule has 18 heavy (non-hydrogen) atoms. The van der Waals surface area contributed by atoms with Gasteiger partial charge in [0.25, 0.3) is 5.91 Å². The van der Waals surface area contributed by atoms with E-state index in [0.717, 1.165) is 0 Å². The standard InChI is InChI=1S/C13H15NO4/c1-8(15)9-4-3-5-10(6-9)14-7-13(2,18)11(16)12(14)17/h3-6,11,16,18H,7H2,1-2H3/t11-,13+/m0/s1. The van der Waals surface area contributed by atoms with E-state index in [1.165, 1.54) is 18.7 Å². The number of amides is 1. The molecule has 1 fully saturated rings. The number of β-amino-alcohol motifs (C(OH)–C–C–N with tert-alkyl or cyclic N) is 1. The molecule has 1 aromatic rings. The largest absolute Gasteiger partial charge is 0.385 e. The maximum Gasteiger partial charge on any atom is 0.258 e. The lowest BCUT2D eigenvalue weighted by molar-refractivity contribution is -0.130. The van der Waals surface area contributed by atoms with E-state index >= 15 is 0 Å². The van der Waals surface area contributed by atoms with Crippen molar-refractivity contribution in [3.63, 3.8) is 0 Å². The van der Waals surface area contributed by atoms with Gasteiger partial charge in [0.05, 0.1) is 6.54 Å². The molecular formula is C13H15NO4. The molecule has 1 aliphatic heterocycles. The lowest BCUT2D eigenvalue weighted by Gasteiger charge is -2.19. The summed E-state index contributed by atoms with van der Waals surface area (Å²) in [5.41, 5.74) is -0.477. The normalized spacial score (nSPS) is 27.7. The van der Waals surface area contributed by atoms with Crippen LogP contribution >= 0.6 is 0 Å². The number of anilines is 1. The summed E-state index contributed by atoms with van der Waals surface area (Å²) in [6, 6.07) is 6.56. The third-order valence-electron chi connectivity index (χ3n) is 3.13. The Morgan fingerprint density at radius 3 is 2.67 bits per heavy atom. The van der Waals surface area contributed by atoms with Gasteiger partial charge in [-0.15, -0.1) is 0 Å². The number of benzene rings is 1. The van der Waals surface area contributed by atoms with Gasteiger partial charge in [-0.05, 0) is 26.0 Å². The number of aliphatic hydroxyl groups excluding tert-OH is 1. The lowest BCUT2D eigenvalue weighted by Crippen LogP contribution is -2.39. The summed E-state index contributed by atoms with van der Waals surface area (Å²) in [5.74, 6) is -0.656. The number of hydrogen-bond acceptors (Lipinski definition) is 4. The molecule has 2 N–H and O–H groups in total.